The number of rotatable bonds is 5. The van der Waals surface area contributed by atoms with Gasteiger partial charge in [0.05, 0.1) is 16.9 Å². The minimum absolute atomic E-state index is 0.0670. The molecule has 0 radical (unpaired) electrons. The van der Waals surface area contributed by atoms with Gasteiger partial charge in [-0.05, 0) is 36.2 Å². The highest BCUT2D eigenvalue weighted by Gasteiger charge is 2.47. The molecule has 130 valence electrons. The fourth-order valence-electron chi connectivity index (χ4n) is 2.54. The van der Waals surface area contributed by atoms with Crippen molar-refractivity contribution in [1.82, 2.24) is 5.32 Å². The van der Waals surface area contributed by atoms with Gasteiger partial charge in [-0.2, -0.15) is 0 Å². The summed E-state index contributed by atoms with van der Waals surface area (Å²) in [5.41, 5.74) is 1.22. The summed E-state index contributed by atoms with van der Waals surface area (Å²) < 4.78 is 13.1. The van der Waals surface area contributed by atoms with E-state index in [0.29, 0.717) is 23.7 Å². The Labute approximate surface area is 154 Å². The summed E-state index contributed by atoms with van der Waals surface area (Å²) in [5.74, 6) is -1.77. The molecule has 2 aromatic rings. The zero-order chi connectivity index (χ0) is 18.0. The van der Waals surface area contributed by atoms with Crippen molar-refractivity contribution in [2.45, 2.75) is 13.0 Å². The highest BCUT2D eigenvalue weighted by atomic mass is 35.5. The minimum atomic E-state index is -0.553. The molecule has 1 fully saturated rings. The summed E-state index contributed by atoms with van der Waals surface area (Å²) >= 11 is 11.7. The molecule has 0 aromatic heterocycles. The first-order valence-corrected chi connectivity index (χ1v) is 8.48. The molecule has 4 nitrogen and oxygen atoms in total. The highest BCUT2D eigenvalue weighted by Crippen LogP contribution is 2.39. The molecule has 0 aliphatic heterocycles. The van der Waals surface area contributed by atoms with E-state index < -0.39 is 11.7 Å². The second kappa shape index (κ2) is 7.42. The van der Waals surface area contributed by atoms with Crippen LogP contribution < -0.4 is 10.6 Å². The number of hydrogen-bond acceptors (Lipinski definition) is 2. The predicted molar refractivity (Wildman–Crippen MR) is 94.9 cm³/mol. The molecular formula is C18H15Cl2FN2O2. The van der Waals surface area contributed by atoms with Crippen molar-refractivity contribution in [2.75, 3.05) is 5.32 Å². The monoisotopic (exact) mass is 380 g/mol. The summed E-state index contributed by atoms with van der Waals surface area (Å²) in [6.45, 7) is 0.316. The average molecular weight is 381 g/mol. The molecule has 0 bridgehead atoms. The summed E-state index contributed by atoms with van der Waals surface area (Å²) in [6, 6.07) is 11.2. The van der Waals surface area contributed by atoms with Crippen LogP contribution in [-0.2, 0) is 16.1 Å². The number of halogens is 3. The third-order valence-corrected chi connectivity index (χ3v) is 4.72. The van der Waals surface area contributed by atoms with Gasteiger partial charge < -0.3 is 10.6 Å². The van der Waals surface area contributed by atoms with Crippen LogP contribution in [0.2, 0.25) is 10.0 Å². The largest absolute Gasteiger partial charge is 0.352 e. The van der Waals surface area contributed by atoms with E-state index in [-0.39, 0.29) is 22.8 Å². The van der Waals surface area contributed by atoms with Gasteiger partial charge in [-0.3, -0.25) is 9.59 Å². The molecular weight excluding hydrogens is 366 g/mol. The van der Waals surface area contributed by atoms with Gasteiger partial charge in [0.1, 0.15) is 5.82 Å². The van der Waals surface area contributed by atoms with Gasteiger partial charge in [0.2, 0.25) is 11.8 Å². The van der Waals surface area contributed by atoms with E-state index >= 15 is 0 Å². The molecule has 2 atom stereocenters. The molecule has 7 heteroatoms. The lowest BCUT2D eigenvalue weighted by Gasteiger charge is -2.08. The van der Waals surface area contributed by atoms with Gasteiger partial charge in [-0.15, -0.1) is 0 Å². The van der Waals surface area contributed by atoms with Gasteiger partial charge in [0.25, 0.3) is 0 Å². The SMILES string of the molecule is O=C(NCc1ccccc1Cl)C1CC1C(=O)Nc1ccc(F)c(Cl)c1. The maximum Gasteiger partial charge on any atom is 0.228 e. The van der Waals surface area contributed by atoms with Crippen molar-refractivity contribution >= 4 is 40.7 Å². The van der Waals surface area contributed by atoms with Crippen molar-refractivity contribution in [3.05, 3.63) is 63.9 Å². The third kappa shape index (κ3) is 4.30. The summed E-state index contributed by atoms with van der Waals surface area (Å²) in [7, 11) is 0. The Morgan fingerprint density at radius 3 is 2.48 bits per heavy atom. The van der Waals surface area contributed by atoms with Crippen LogP contribution in [-0.4, -0.2) is 11.8 Å². The molecule has 3 rings (SSSR count). The molecule has 1 saturated carbocycles. The lowest BCUT2D eigenvalue weighted by molar-refractivity contribution is -0.125. The van der Waals surface area contributed by atoms with Crippen LogP contribution >= 0.6 is 23.2 Å². The molecule has 25 heavy (non-hydrogen) atoms. The lowest BCUT2D eigenvalue weighted by atomic mass is 10.2. The molecule has 1 aliphatic rings. The second-order valence-corrected chi connectivity index (χ2v) is 6.69. The lowest BCUT2D eigenvalue weighted by Crippen LogP contribution is -2.27. The summed E-state index contributed by atoms with van der Waals surface area (Å²) in [6.07, 6.45) is 0.481. The molecule has 0 heterocycles. The number of carbonyl (C=O) groups is 2. The number of nitrogens with one attached hydrogen (secondary N) is 2. The summed E-state index contributed by atoms with van der Waals surface area (Å²) in [5, 5.41) is 5.96. The first-order valence-electron chi connectivity index (χ1n) is 7.72. The van der Waals surface area contributed by atoms with E-state index in [4.69, 9.17) is 23.2 Å². The standard InChI is InChI=1S/C18H15Cl2FN2O2/c19-14-4-2-1-3-10(14)9-22-17(24)12-8-13(12)18(25)23-11-5-6-16(21)15(20)7-11/h1-7,12-13H,8-9H2,(H,22,24)(H,23,25). The number of carbonyl (C=O) groups excluding carboxylic acids is 2. The van der Waals surface area contributed by atoms with E-state index in [1.54, 1.807) is 6.07 Å². The Hall–Kier alpha value is -2.11. The quantitative estimate of drug-likeness (QED) is 0.822. The Morgan fingerprint density at radius 2 is 1.76 bits per heavy atom. The van der Waals surface area contributed by atoms with E-state index in [1.807, 2.05) is 18.2 Å². The van der Waals surface area contributed by atoms with Crippen LogP contribution in [0.25, 0.3) is 0 Å². The van der Waals surface area contributed by atoms with Gasteiger partial charge >= 0.3 is 0 Å². The Balaban J connectivity index is 1.51. The van der Waals surface area contributed by atoms with E-state index in [1.165, 1.54) is 18.2 Å². The number of hydrogen-bond donors (Lipinski definition) is 2. The maximum absolute atomic E-state index is 13.1. The topological polar surface area (TPSA) is 58.2 Å². The van der Waals surface area contributed by atoms with Crippen LogP contribution in [0.3, 0.4) is 0 Å². The Bertz CT molecular complexity index is 828. The Kier molecular flexibility index (Phi) is 5.25. The zero-order valence-electron chi connectivity index (χ0n) is 13.1. The van der Waals surface area contributed by atoms with Crippen molar-refractivity contribution in [3.8, 4) is 0 Å². The molecule has 1 aliphatic carbocycles. The third-order valence-electron chi connectivity index (χ3n) is 4.06. The van der Waals surface area contributed by atoms with Gasteiger partial charge in [0, 0.05) is 17.3 Å². The molecule has 2 N–H and O–H groups in total. The van der Waals surface area contributed by atoms with E-state index in [0.717, 1.165) is 5.56 Å². The van der Waals surface area contributed by atoms with Crippen molar-refractivity contribution in [2.24, 2.45) is 11.8 Å². The van der Waals surface area contributed by atoms with Crippen LogP contribution in [0, 0.1) is 17.7 Å². The average Bonchev–Trinajstić information content (AvgIpc) is 3.38. The number of anilines is 1. The van der Waals surface area contributed by atoms with Gasteiger partial charge in [-0.1, -0.05) is 41.4 Å². The van der Waals surface area contributed by atoms with Crippen molar-refractivity contribution < 1.29 is 14.0 Å². The van der Waals surface area contributed by atoms with Crippen LogP contribution in [0.4, 0.5) is 10.1 Å². The van der Waals surface area contributed by atoms with Crippen LogP contribution in [0.1, 0.15) is 12.0 Å². The smallest absolute Gasteiger partial charge is 0.228 e. The first kappa shape index (κ1) is 17.7. The van der Waals surface area contributed by atoms with Gasteiger partial charge in [-0.25, -0.2) is 4.39 Å². The normalized spacial score (nSPS) is 18.5. The second-order valence-electron chi connectivity index (χ2n) is 5.88. The molecule has 0 saturated heterocycles. The van der Waals surface area contributed by atoms with E-state index in [2.05, 4.69) is 10.6 Å². The summed E-state index contributed by atoms with van der Waals surface area (Å²) in [4.78, 5) is 24.3. The van der Waals surface area contributed by atoms with Crippen molar-refractivity contribution in [1.29, 1.82) is 0 Å². The number of amides is 2. The fourth-order valence-corrected chi connectivity index (χ4v) is 2.92. The van der Waals surface area contributed by atoms with Crippen LogP contribution in [0.15, 0.2) is 42.5 Å². The molecule has 2 aromatic carbocycles. The molecule has 2 unspecified atom stereocenters. The fraction of sp³-hybridized carbons (Fsp3) is 0.222. The van der Waals surface area contributed by atoms with Crippen LogP contribution in [0.5, 0.6) is 0 Å². The predicted octanol–water partition coefficient (Wildman–Crippen LogP) is 4.02. The van der Waals surface area contributed by atoms with E-state index in [9.17, 15) is 14.0 Å². The minimum Gasteiger partial charge on any atom is -0.352 e. The zero-order valence-corrected chi connectivity index (χ0v) is 14.6. The molecule has 0 spiro atoms. The molecule has 2 amide bonds. The maximum atomic E-state index is 13.1. The Morgan fingerprint density at radius 1 is 1.04 bits per heavy atom. The first-order chi connectivity index (χ1) is 12.0. The number of benzene rings is 2. The van der Waals surface area contributed by atoms with Gasteiger partial charge in [0.15, 0.2) is 0 Å². The van der Waals surface area contributed by atoms with Crippen molar-refractivity contribution in [3.63, 3.8) is 0 Å². The highest BCUT2D eigenvalue weighted by molar-refractivity contribution is 6.31.